The van der Waals surface area contributed by atoms with Gasteiger partial charge in [-0.1, -0.05) is 179 Å². The van der Waals surface area contributed by atoms with Crippen LogP contribution in [-0.4, -0.2) is 6.88 Å². The molecule has 2 aliphatic rings. The zero-order chi connectivity index (χ0) is 41.6. The normalized spacial score (nSPS) is 15.9. The number of benzene rings is 4. The summed E-state index contributed by atoms with van der Waals surface area (Å²) in [6, 6.07) is 41.4. The van der Waals surface area contributed by atoms with E-state index in [0.717, 1.165) is 0 Å². The Hall–Kier alpha value is -2.22. The third kappa shape index (κ3) is 13.9. The molecule has 336 valence electrons. The van der Waals surface area contributed by atoms with Crippen molar-refractivity contribution in [1.29, 1.82) is 0 Å². The standard InChI is InChI=1S/2C28H35.2CH3.2ClH.Si.Zr/c2*1-27(2,3)26-15-8-7-13-24(26)23-14-11-12-22-18-21(19-25(22)23)20-28(4)16-9-5-6-10-17-28;;;;;;/h2*7-8,11-15,18-19H,5-6,9-10,16-17,20H2,1-4H3;2*1H3;2*1H;;/q4*-1;;;;. The number of hydrogen-bond donors (Lipinski definition) is 0. The van der Waals surface area contributed by atoms with E-state index < -0.39 is 0 Å². The second kappa shape index (κ2) is 24.3. The van der Waals surface area contributed by atoms with Crippen molar-refractivity contribution in [2.45, 2.75) is 156 Å². The fourth-order valence-corrected chi connectivity index (χ4v) is 10.5. The predicted octanol–water partition coefficient (Wildman–Crippen LogP) is 18.2. The van der Waals surface area contributed by atoms with Gasteiger partial charge in [0.2, 0.25) is 0 Å². The molecule has 0 atom stereocenters. The first kappa shape index (κ1) is 55.9. The Morgan fingerprint density at radius 1 is 0.468 bits per heavy atom. The summed E-state index contributed by atoms with van der Waals surface area (Å²) in [4.78, 5) is 0. The molecule has 0 aromatic heterocycles. The van der Waals surface area contributed by atoms with Gasteiger partial charge >= 0.3 is 30.2 Å². The summed E-state index contributed by atoms with van der Waals surface area (Å²) in [5.41, 5.74) is 12.7. The molecule has 0 nitrogen and oxygen atoms in total. The summed E-state index contributed by atoms with van der Waals surface area (Å²) in [5.74, 6) is 0. The molecule has 8 rings (SSSR count). The van der Waals surface area contributed by atoms with Gasteiger partial charge in [-0.05, 0) is 82.4 Å². The van der Waals surface area contributed by atoms with Gasteiger partial charge < -0.3 is 14.9 Å². The Balaban J connectivity index is 0.000000386. The molecule has 2 aliphatic carbocycles. The van der Waals surface area contributed by atoms with Gasteiger partial charge in [0.05, 0.1) is 0 Å². The first-order chi connectivity index (χ1) is 27.7. The molecule has 4 heteroatoms. The van der Waals surface area contributed by atoms with Gasteiger partial charge in [0.1, 0.15) is 0 Å². The molecular formula is C58H78Cl2SiZr-4. The molecule has 0 heterocycles. The maximum absolute atomic E-state index is 3.06. The van der Waals surface area contributed by atoms with Gasteiger partial charge in [-0.3, -0.25) is 0 Å². The van der Waals surface area contributed by atoms with E-state index in [4.69, 9.17) is 0 Å². The van der Waals surface area contributed by atoms with Crippen molar-refractivity contribution < 1.29 is 23.3 Å². The van der Waals surface area contributed by atoms with Gasteiger partial charge in [-0.15, -0.1) is 93.9 Å². The zero-order valence-electron chi connectivity index (χ0n) is 40.1. The summed E-state index contributed by atoms with van der Waals surface area (Å²) >= 11 is 1.36. The topological polar surface area (TPSA) is 0 Å². The van der Waals surface area contributed by atoms with Crippen LogP contribution in [0.3, 0.4) is 0 Å². The van der Waals surface area contributed by atoms with Crippen LogP contribution in [0.25, 0.3) is 43.8 Å². The van der Waals surface area contributed by atoms with Crippen molar-refractivity contribution in [2.24, 2.45) is 10.8 Å². The molecule has 0 spiro atoms. The van der Waals surface area contributed by atoms with Crippen LogP contribution in [0.4, 0.5) is 0 Å². The summed E-state index contributed by atoms with van der Waals surface area (Å²) < 4.78 is 0. The Labute approximate surface area is 409 Å². The summed E-state index contributed by atoms with van der Waals surface area (Å²) in [5, 5.41) is 5.64. The fraction of sp³-hybridized carbons (Fsp3) is 0.448. The first-order valence-electron chi connectivity index (χ1n) is 22.5. The van der Waals surface area contributed by atoms with E-state index in [-0.39, 0.29) is 50.5 Å². The molecule has 0 bridgehead atoms. The Kier molecular flexibility index (Phi) is 22.0. The van der Waals surface area contributed by atoms with Gasteiger partial charge in [-0.25, -0.2) is 0 Å². The Morgan fingerprint density at radius 3 is 1.10 bits per heavy atom. The van der Waals surface area contributed by atoms with Crippen molar-refractivity contribution in [3.05, 3.63) is 146 Å². The Morgan fingerprint density at radius 2 is 0.774 bits per heavy atom. The predicted molar refractivity (Wildman–Crippen MR) is 279 cm³/mol. The first-order valence-corrected chi connectivity index (χ1v) is 26.7. The SMILES string of the molecule is CC1(Cc2cc3c(-c4ccccc4C(C)(C)C)cccc3[cH-]2)CCCCCC1.CC1(Cc2cc3c(-c4ccccc4C(C)(C)C)cccc3[cH-]2)CCCCCC1.Cl.Cl.[CH3-].[CH3-].[Si]=[Zr]. The van der Waals surface area contributed by atoms with Crippen molar-refractivity contribution in [2.75, 3.05) is 0 Å². The second-order valence-corrected chi connectivity index (χ2v) is 20.7. The van der Waals surface area contributed by atoms with Crippen molar-refractivity contribution in [1.82, 2.24) is 0 Å². The van der Waals surface area contributed by atoms with Gasteiger partial charge in [0.15, 0.2) is 0 Å². The minimum atomic E-state index is 0. The van der Waals surface area contributed by atoms with Crippen LogP contribution in [0.1, 0.15) is 155 Å². The summed E-state index contributed by atoms with van der Waals surface area (Å²) in [7, 11) is 0. The van der Waals surface area contributed by atoms with Crippen LogP contribution in [-0.2, 0) is 47.0 Å². The zero-order valence-corrected chi connectivity index (χ0v) is 45.2. The van der Waals surface area contributed by atoms with E-state index in [1.165, 1.54) is 179 Å². The van der Waals surface area contributed by atoms with Gasteiger partial charge in [0.25, 0.3) is 0 Å². The molecule has 0 N–H and O–H groups in total. The fourth-order valence-electron chi connectivity index (χ4n) is 10.5. The van der Waals surface area contributed by atoms with Crippen LogP contribution < -0.4 is 0 Å². The molecule has 2 radical (unpaired) electrons. The molecule has 0 unspecified atom stereocenters. The minimum absolute atomic E-state index is 0. The van der Waals surface area contributed by atoms with Crippen LogP contribution in [0.15, 0.2) is 109 Å². The molecule has 6 aromatic carbocycles. The second-order valence-electron chi connectivity index (χ2n) is 20.7. The van der Waals surface area contributed by atoms with Crippen molar-refractivity contribution >= 4 is 53.2 Å². The van der Waals surface area contributed by atoms with E-state index in [1.807, 2.05) is 0 Å². The van der Waals surface area contributed by atoms with Gasteiger partial charge in [-0.2, -0.15) is 12.1 Å². The number of halogens is 2. The van der Waals surface area contributed by atoms with E-state index >= 15 is 0 Å². The monoisotopic (exact) mass is 962 g/mol. The maximum atomic E-state index is 3.06. The number of fused-ring (bicyclic) bond motifs is 2. The molecule has 0 amide bonds. The van der Waals surface area contributed by atoms with Crippen molar-refractivity contribution in [3.8, 4) is 22.3 Å². The van der Waals surface area contributed by atoms with Crippen molar-refractivity contribution in [3.63, 3.8) is 0 Å². The van der Waals surface area contributed by atoms with Crippen LogP contribution >= 0.6 is 24.8 Å². The Bertz CT molecular complexity index is 2080. The molecule has 2 saturated carbocycles. The molecule has 0 aliphatic heterocycles. The van der Waals surface area contributed by atoms with Crippen LogP contribution in [0.5, 0.6) is 0 Å². The van der Waals surface area contributed by atoms with E-state index in [2.05, 4.69) is 171 Å². The molecule has 6 aromatic rings. The average Bonchev–Trinajstić information content (AvgIpc) is 3.64. The molecule has 62 heavy (non-hydrogen) atoms. The van der Waals surface area contributed by atoms with Gasteiger partial charge in [0, 0.05) is 0 Å². The quantitative estimate of drug-likeness (QED) is 0.0886. The van der Waals surface area contributed by atoms with E-state index in [0.29, 0.717) is 10.8 Å². The number of rotatable bonds is 6. The molecule has 2 fully saturated rings. The van der Waals surface area contributed by atoms with Crippen LogP contribution in [0.2, 0.25) is 0 Å². The van der Waals surface area contributed by atoms with E-state index in [9.17, 15) is 0 Å². The van der Waals surface area contributed by atoms with Crippen LogP contribution in [0, 0.1) is 25.7 Å². The van der Waals surface area contributed by atoms with E-state index in [1.54, 1.807) is 0 Å². The number of hydrogen-bond acceptors (Lipinski definition) is 0. The third-order valence-electron chi connectivity index (χ3n) is 13.6. The average molecular weight is 965 g/mol. The summed E-state index contributed by atoms with van der Waals surface area (Å²) in [6.07, 6.45) is 19.3. The molecule has 0 saturated heterocycles. The summed E-state index contributed by atoms with van der Waals surface area (Å²) in [6.45, 7) is 22.0. The third-order valence-corrected chi connectivity index (χ3v) is 13.6. The molecular weight excluding hydrogens is 887 g/mol.